The first-order valence-electron chi connectivity index (χ1n) is 7.45. The maximum Gasteiger partial charge on any atom is -0.0162 e. The van der Waals surface area contributed by atoms with Gasteiger partial charge < -0.3 is 0 Å². The number of rotatable bonds is 5. The Morgan fingerprint density at radius 2 is 1.65 bits per heavy atom. The van der Waals surface area contributed by atoms with Gasteiger partial charge in [-0.3, -0.25) is 0 Å². The van der Waals surface area contributed by atoms with Gasteiger partial charge in [0.2, 0.25) is 0 Å². The number of benzene rings is 1. The summed E-state index contributed by atoms with van der Waals surface area (Å²) in [5.74, 6) is 1.88. The van der Waals surface area contributed by atoms with Crippen molar-refractivity contribution >= 4 is 0 Å². The van der Waals surface area contributed by atoms with Gasteiger partial charge in [-0.05, 0) is 43.1 Å². The fourth-order valence-electron chi connectivity index (χ4n) is 3.19. The Morgan fingerprint density at radius 1 is 0.941 bits per heavy atom. The molecule has 0 nitrogen and oxygen atoms in total. The van der Waals surface area contributed by atoms with Crippen molar-refractivity contribution in [1.29, 1.82) is 0 Å². The van der Waals surface area contributed by atoms with E-state index in [0.717, 1.165) is 11.8 Å². The highest BCUT2D eigenvalue weighted by atomic mass is 14.3. The van der Waals surface area contributed by atoms with Gasteiger partial charge in [0.05, 0.1) is 0 Å². The van der Waals surface area contributed by atoms with E-state index < -0.39 is 0 Å². The molecule has 0 saturated heterocycles. The second-order valence-corrected chi connectivity index (χ2v) is 5.62. The summed E-state index contributed by atoms with van der Waals surface area (Å²) in [6, 6.07) is 11.1. The largest absolute Gasteiger partial charge is 0.0654 e. The maximum atomic E-state index is 2.31. The standard InChI is InChI=1S/C17H26/c1-2-3-5-8-15-11-13-17(14-12-15)16-9-6-4-7-10-16/h4,6-7,9-10,15,17H,2-3,5,8,11-14H2,1H3/t15-,17-. The summed E-state index contributed by atoms with van der Waals surface area (Å²) in [5, 5.41) is 0. The fourth-order valence-corrected chi connectivity index (χ4v) is 3.19. The molecule has 0 heteroatoms. The van der Waals surface area contributed by atoms with Crippen molar-refractivity contribution < 1.29 is 0 Å². The normalized spacial score (nSPS) is 24.8. The minimum atomic E-state index is 0.846. The van der Waals surface area contributed by atoms with Crippen LogP contribution in [0.5, 0.6) is 0 Å². The van der Waals surface area contributed by atoms with E-state index in [1.807, 2.05) is 0 Å². The predicted octanol–water partition coefficient (Wildman–Crippen LogP) is 5.54. The molecular weight excluding hydrogens is 204 g/mol. The molecule has 1 fully saturated rings. The fraction of sp³-hybridized carbons (Fsp3) is 0.647. The monoisotopic (exact) mass is 230 g/mol. The van der Waals surface area contributed by atoms with Crippen LogP contribution in [0.25, 0.3) is 0 Å². The highest BCUT2D eigenvalue weighted by molar-refractivity contribution is 5.19. The molecule has 1 aromatic carbocycles. The Balaban J connectivity index is 1.74. The van der Waals surface area contributed by atoms with Crippen molar-refractivity contribution in [2.45, 2.75) is 64.2 Å². The molecular formula is C17H26. The van der Waals surface area contributed by atoms with Crippen LogP contribution in [0, 0.1) is 5.92 Å². The SMILES string of the molecule is CCCCC[C@H]1CC[C@H](c2ccccc2)CC1. The quantitative estimate of drug-likeness (QED) is 0.582. The van der Waals surface area contributed by atoms with E-state index in [-0.39, 0.29) is 0 Å². The average molecular weight is 230 g/mol. The third kappa shape index (κ3) is 3.87. The van der Waals surface area contributed by atoms with Crippen LogP contribution >= 0.6 is 0 Å². The average Bonchev–Trinajstić information content (AvgIpc) is 2.41. The topological polar surface area (TPSA) is 0 Å². The second kappa shape index (κ2) is 6.83. The first-order chi connectivity index (χ1) is 8.40. The van der Waals surface area contributed by atoms with Crippen LogP contribution in [0.2, 0.25) is 0 Å². The molecule has 17 heavy (non-hydrogen) atoms. The van der Waals surface area contributed by atoms with Gasteiger partial charge in [-0.15, -0.1) is 0 Å². The van der Waals surface area contributed by atoms with E-state index in [4.69, 9.17) is 0 Å². The molecule has 0 heterocycles. The maximum absolute atomic E-state index is 2.31. The second-order valence-electron chi connectivity index (χ2n) is 5.62. The lowest BCUT2D eigenvalue weighted by molar-refractivity contribution is 0.303. The first-order valence-corrected chi connectivity index (χ1v) is 7.45. The molecule has 94 valence electrons. The van der Waals surface area contributed by atoms with Gasteiger partial charge in [-0.25, -0.2) is 0 Å². The highest BCUT2D eigenvalue weighted by Gasteiger charge is 2.21. The Morgan fingerprint density at radius 3 is 2.29 bits per heavy atom. The Kier molecular flexibility index (Phi) is 5.09. The number of hydrogen-bond donors (Lipinski definition) is 0. The molecule has 0 bridgehead atoms. The van der Waals surface area contributed by atoms with Crippen molar-refractivity contribution in [3.63, 3.8) is 0 Å². The molecule has 0 atom stereocenters. The zero-order chi connectivity index (χ0) is 11.9. The van der Waals surface area contributed by atoms with E-state index in [9.17, 15) is 0 Å². The van der Waals surface area contributed by atoms with E-state index in [1.165, 1.54) is 51.4 Å². The molecule has 0 radical (unpaired) electrons. The minimum Gasteiger partial charge on any atom is -0.0654 e. The summed E-state index contributed by atoms with van der Waals surface area (Å²) in [7, 11) is 0. The van der Waals surface area contributed by atoms with Crippen LogP contribution in [-0.4, -0.2) is 0 Å². The van der Waals surface area contributed by atoms with Gasteiger partial charge in [0.25, 0.3) is 0 Å². The summed E-state index contributed by atoms with van der Waals surface area (Å²) in [6.07, 6.45) is 11.5. The van der Waals surface area contributed by atoms with Gasteiger partial charge in [0.1, 0.15) is 0 Å². The Bertz CT molecular complexity index is 293. The van der Waals surface area contributed by atoms with Gasteiger partial charge in [0.15, 0.2) is 0 Å². The first kappa shape index (κ1) is 12.7. The molecule has 0 N–H and O–H groups in total. The van der Waals surface area contributed by atoms with Crippen LogP contribution in [0.3, 0.4) is 0 Å². The Labute approximate surface area is 106 Å². The molecule has 0 unspecified atom stereocenters. The van der Waals surface area contributed by atoms with Crippen LogP contribution in [-0.2, 0) is 0 Å². The highest BCUT2D eigenvalue weighted by Crippen LogP contribution is 2.37. The lowest BCUT2D eigenvalue weighted by atomic mass is 9.77. The summed E-state index contributed by atoms with van der Waals surface area (Å²) >= 11 is 0. The summed E-state index contributed by atoms with van der Waals surface area (Å²) in [6.45, 7) is 2.30. The van der Waals surface area contributed by atoms with Gasteiger partial charge in [0, 0.05) is 0 Å². The number of unbranched alkanes of at least 4 members (excludes halogenated alkanes) is 2. The molecule has 1 aliphatic rings. The molecule has 1 saturated carbocycles. The van der Waals surface area contributed by atoms with Crippen LogP contribution in [0.1, 0.15) is 69.8 Å². The molecule has 0 aliphatic heterocycles. The van der Waals surface area contributed by atoms with Crippen LogP contribution in [0.15, 0.2) is 30.3 Å². The van der Waals surface area contributed by atoms with Gasteiger partial charge in [-0.1, -0.05) is 62.9 Å². The van der Waals surface area contributed by atoms with Crippen molar-refractivity contribution in [2.24, 2.45) is 5.92 Å². The Hall–Kier alpha value is -0.780. The third-order valence-electron chi connectivity index (χ3n) is 4.33. The van der Waals surface area contributed by atoms with Crippen molar-refractivity contribution in [2.75, 3.05) is 0 Å². The molecule has 0 spiro atoms. The van der Waals surface area contributed by atoms with E-state index in [0.29, 0.717) is 0 Å². The van der Waals surface area contributed by atoms with Gasteiger partial charge in [-0.2, -0.15) is 0 Å². The minimum absolute atomic E-state index is 0.846. The summed E-state index contributed by atoms with van der Waals surface area (Å²) < 4.78 is 0. The van der Waals surface area contributed by atoms with Crippen molar-refractivity contribution in [1.82, 2.24) is 0 Å². The zero-order valence-electron chi connectivity index (χ0n) is 11.2. The van der Waals surface area contributed by atoms with Crippen LogP contribution < -0.4 is 0 Å². The van der Waals surface area contributed by atoms with Crippen LogP contribution in [0.4, 0.5) is 0 Å². The number of hydrogen-bond acceptors (Lipinski definition) is 0. The summed E-state index contributed by atoms with van der Waals surface area (Å²) in [4.78, 5) is 0. The van der Waals surface area contributed by atoms with E-state index >= 15 is 0 Å². The molecule has 1 aliphatic carbocycles. The molecule has 2 rings (SSSR count). The van der Waals surface area contributed by atoms with Crippen molar-refractivity contribution in [3.8, 4) is 0 Å². The molecule has 0 aromatic heterocycles. The summed E-state index contributed by atoms with van der Waals surface area (Å²) in [5.41, 5.74) is 1.57. The predicted molar refractivity (Wildman–Crippen MR) is 75.3 cm³/mol. The lowest BCUT2D eigenvalue weighted by Gasteiger charge is -2.28. The van der Waals surface area contributed by atoms with Gasteiger partial charge >= 0.3 is 0 Å². The third-order valence-corrected chi connectivity index (χ3v) is 4.33. The van der Waals surface area contributed by atoms with E-state index in [2.05, 4.69) is 37.3 Å². The molecule has 1 aromatic rings. The lowest BCUT2D eigenvalue weighted by Crippen LogP contribution is -2.13. The van der Waals surface area contributed by atoms with E-state index in [1.54, 1.807) is 5.56 Å². The van der Waals surface area contributed by atoms with Crippen molar-refractivity contribution in [3.05, 3.63) is 35.9 Å². The molecule has 0 amide bonds. The smallest absolute Gasteiger partial charge is 0.0162 e. The zero-order valence-corrected chi connectivity index (χ0v) is 11.2.